The lowest BCUT2D eigenvalue weighted by atomic mass is 10.2. The number of nitriles is 1. The molecule has 0 saturated carbocycles. The van der Waals surface area contributed by atoms with Gasteiger partial charge in [0.2, 0.25) is 0 Å². The number of hydrogen-bond donors (Lipinski definition) is 0. The first kappa shape index (κ1) is 11.1. The Morgan fingerprint density at radius 2 is 2.27 bits per heavy atom. The fourth-order valence-electron chi connectivity index (χ4n) is 1.07. The molecule has 0 unspecified atom stereocenters. The molecule has 0 spiro atoms. The lowest BCUT2D eigenvalue weighted by molar-refractivity contribution is -0.108. The molecule has 1 rings (SSSR count). The number of carbonyl (C=O) groups excluding carboxylic acids is 1. The van der Waals surface area contributed by atoms with Crippen molar-refractivity contribution in [3.63, 3.8) is 0 Å². The number of benzene rings is 1. The summed E-state index contributed by atoms with van der Waals surface area (Å²) in [4.78, 5) is 10.1. The zero-order valence-corrected chi connectivity index (χ0v) is 8.40. The highest BCUT2D eigenvalue weighted by Crippen LogP contribution is 2.27. The highest BCUT2D eigenvalue weighted by molar-refractivity contribution is 5.50. The van der Waals surface area contributed by atoms with E-state index in [1.807, 2.05) is 6.07 Å². The smallest absolute Gasteiger partial charge is 0.162 e. The summed E-state index contributed by atoms with van der Waals surface area (Å²) in [5.41, 5.74) is 0.509. The van der Waals surface area contributed by atoms with Crippen LogP contribution < -0.4 is 9.47 Å². The molecule has 0 fully saturated rings. The highest BCUT2D eigenvalue weighted by Gasteiger charge is 2.04. The van der Waals surface area contributed by atoms with Crippen molar-refractivity contribution in [3.8, 4) is 17.6 Å². The van der Waals surface area contributed by atoms with Crippen LogP contribution in [0.4, 0.5) is 0 Å². The Labute approximate surface area is 88.0 Å². The number of ether oxygens (including phenoxy) is 2. The van der Waals surface area contributed by atoms with Crippen LogP contribution in [-0.4, -0.2) is 20.0 Å². The second-order valence-corrected chi connectivity index (χ2v) is 2.78. The molecule has 15 heavy (non-hydrogen) atoms. The van der Waals surface area contributed by atoms with Crippen LogP contribution in [0.2, 0.25) is 0 Å². The third kappa shape index (κ3) is 2.99. The summed E-state index contributed by atoms with van der Waals surface area (Å²) in [6.07, 6.45) is 1.12. The first-order valence-corrected chi connectivity index (χ1v) is 4.46. The van der Waals surface area contributed by atoms with Crippen LogP contribution in [0.1, 0.15) is 12.0 Å². The van der Waals surface area contributed by atoms with Crippen molar-refractivity contribution < 1.29 is 14.3 Å². The molecule has 0 heterocycles. The number of hydrogen-bond acceptors (Lipinski definition) is 4. The van der Waals surface area contributed by atoms with Crippen LogP contribution >= 0.6 is 0 Å². The number of nitrogens with zero attached hydrogens (tertiary/aromatic N) is 1. The molecule has 0 saturated heterocycles. The zero-order valence-electron chi connectivity index (χ0n) is 8.40. The molecule has 0 atom stereocenters. The molecule has 0 aliphatic heterocycles. The third-order valence-electron chi connectivity index (χ3n) is 1.79. The van der Waals surface area contributed by atoms with Gasteiger partial charge in [-0.15, -0.1) is 0 Å². The van der Waals surface area contributed by atoms with E-state index in [0.29, 0.717) is 30.1 Å². The Morgan fingerprint density at radius 3 is 2.87 bits per heavy atom. The van der Waals surface area contributed by atoms with E-state index in [9.17, 15) is 4.79 Å². The maximum absolute atomic E-state index is 10.1. The minimum Gasteiger partial charge on any atom is -0.493 e. The maximum Gasteiger partial charge on any atom is 0.162 e. The quantitative estimate of drug-likeness (QED) is 0.540. The van der Waals surface area contributed by atoms with Crippen LogP contribution in [0, 0.1) is 11.3 Å². The summed E-state index contributed by atoms with van der Waals surface area (Å²) in [6.45, 7) is 0.311. The molecule has 1 aromatic carbocycles. The van der Waals surface area contributed by atoms with E-state index in [0.717, 1.165) is 6.29 Å². The third-order valence-corrected chi connectivity index (χ3v) is 1.79. The van der Waals surface area contributed by atoms with E-state index < -0.39 is 0 Å². The van der Waals surface area contributed by atoms with Crippen molar-refractivity contribution in [1.29, 1.82) is 5.26 Å². The van der Waals surface area contributed by atoms with Gasteiger partial charge in [-0.25, -0.2) is 0 Å². The molecule has 0 radical (unpaired) electrons. The fourth-order valence-corrected chi connectivity index (χ4v) is 1.07. The zero-order chi connectivity index (χ0) is 11.1. The van der Waals surface area contributed by atoms with Gasteiger partial charge in [-0.2, -0.15) is 5.26 Å². The molecule has 78 valence electrons. The molecule has 0 aliphatic rings. The Bertz CT molecular complexity index is 382. The Balaban J connectivity index is 2.79. The number of rotatable bonds is 5. The predicted molar refractivity (Wildman–Crippen MR) is 53.9 cm³/mol. The van der Waals surface area contributed by atoms with E-state index in [2.05, 4.69) is 0 Å². The lowest BCUT2D eigenvalue weighted by Gasteiger charge is -2.09. The summed E-state index contributed by atoms with van der Waals surface area (Å²) < 4.78 is 10.4. The van der Waals surface area contributed by atoms with Crippen molar-refractivity contribution >= 4 is 6.29 Å². The minimum absolute atomic E-state index is 0.311. The van der Waals surface area contributed by atoms with Crippen molar-refractivity contribution in [2.75, 3.05) is 13.7 Å². The lowest BCUT2D eigenvalue weighted by Crippen LogP contribution is -1.99. The van der Waals surface area contributed by atoms with Gasteiger partial charge in [0.1, 0.15) is 6.29 Å². The van der Waals surface area contributed by atoms with Crippen LogP contribution in [0.25, 0.3) is 0 Å². The van der Waals surface area contributed by atoms with E-state index in [1.165, 1.54) is 7.11 Å². The summed E-state index contributed by atoms with van der Waals surface area (Å²) in [6, 6.07) is 6.89. The standard InChI is InChI=1S/C11H11NO3/c1-14-11-7-9(8-12)3-4-10(11)15-6-2-5-13/h3-5,7H,2,6H2,1H3. The van der Waals surface area contributed by atoms with Gasteiger partial charge in [0.25, 0.3) is 0 Å². The average molecular weight is 205 g/mol. The van der Waals surface area contributed by atoms with Crippen molar-refractivity contribution in [1.82, 2.24) is 0 Å². The summed E-state index contributed by atoms with van der Waals surface area (Å²) >= 11 is 0. The van der Waals surface area contributed by atoms with Gasteiger partial charge < -0.3 is 14.3 Å². The van der Waals surface area contributed by atoms with Crippen LogP contribution in [0.5, 0.6) is 11.5 Å². The second-order valence-electron chi connectivity index (χ2n) is 2.78. The number of aldehydes is 1. The normalized spacial score (nSPS) is 9.07. The first-order chi connectivity index (χ1) is 7.31. The summed E-state index contributed by atoms with van der Waals surface area (Å²) in [7, 11) is 1.50. The van der Waals surface area contributed by atoms with Crippen molar-refractivity contribution in [2.45, 2.75) is 6.42 Å². The molecule has 0 aromatic heterocycles. The highest BCUT2D eigenvalue weighted by atomic mass is 16.5. The maximum atomic E-state index is 10.1. The van der Waals surface area contributed by atoms with Gasteiger partial charge in [0.15, 0.2) is 11.5 Å². The average Bonchev–Trinajstić information content (AvgIpc) is 2.29. The van der Waals surface area contributed by atoms with Gasteiger partial charge in [0, 0.05) is 12.5 Å². The largest absolute Gasteiger partial charge is 0.493 e. The minimum atomic E-state index is 0.311. The predicted octanol–water partition coefficient (Wildman–Crippen LogP) is 1.53. The number of carbonyl (C=O) groups is 1. The monoisotopic (exact) mass is 205 g/mol. The molecule has 0 bridgehead atoms. The number of methoxy groups -OCH3 is 1. The van der Waals surface area contributed by atoms with Gasteiger partial charge in [-0.1, -0.05) is 0 Å². The summed E-state index contributed by atoms with van der Waals surface area (Å²) in [5, 5.41) is 8.67. The second kappa shape index (κ2) is 5.66. The fraction of sp³-hybridized carbons (Fsp3) is 0.273. The molecular weight excluding hydrogens is 194 g/mol. The summed E-state index contributed by atoms with van der Waals surface area (Å²) in [5.74, 6) is 1.04. The van der Waals surface area contributed by atoms with E-state index in [4.69, 9.17) is 14.7 Å². The molecule has 0 aliphatic carbocycles. The van der Waals surface area contributed by atoms with Crippen molar-refractivity contribution in [2.24, 2.45) is 0 Å². The molecule has 4 nitrogen and oxygen atoms in total. The van der Waals surface area contributed by atoms with E-state index in [-0.39, 0.29) is 0 Å². The molecule has 0 amide bonds. The van der Waals surface area contributed by atoms with Crippen LogP contribution in [-0.2, 0) is 4.79 Å². The van der Waals surface area contributed by atoms with E-state index in [1.54, 1.807) is 18.2 Å². The molecule has 1 aromatic rings. The molecule has 4 heteroatoms. The molecular formula is C11H11NO3. The van der Waals surface area contributed by atoms with E-state index >= 15 is 0 Å². The SMILES string of the molecule is COc1cc(C#N)ccc1OCCC=O. The van der Waals surface area contributed by atoms with Gasteiger partial charge in [-0.05, 0) is 12.1 Å². The van der Waals surface area contributed by atoms with Crippen LogP contribution in [0.3, 0.4) is 0 Å². The topological polar surface area (TPSA) is 59.3 Å². The van der Waals surface area contributed by atoms with Gasteiger partial charge in [0.05, 0.1) is 25.3 Å². The van der Waals surface area contributed by atoms with Crippen LogP contribution in [0.15, 0.2) is 18.2 Å². The Morgan fingerprint density at radius 1 is 1.47 bits per heavy atom. The first-order valence-electron chi connectivity index (χ1n) is 4.46. The molecule has 0 N–H and O–H groups in total. The van der Waals surface area contributed by atoms with Gasteiger partial charge in [-0.3, -0.25) is 0 Å². The Hall–Kier alpha value is -2.02. The Kier molecular flexibility index (Phi) is 4.17. The van der Waals surface area contributed by atoms with Gasteiger partial charge >= 0.3 is 0 Å². The van der Waals surface area contributed by atoms with Crippen molar-refractivity contribution in [3.05, 3.63) is 23.8 Å².